The van der Waals surface area contributed by atoms with Crippen LogP contribution in [0.2, 0.25) is 5.02 Å². The zero-order valence-corrected chi connectivity index (χ0v) is 16.1. The lowest BCUT2D eigenvalue weighted by molar-refractivity contribution is 0.621. The van der Waals surface area contributed by atoms with Gasteiger partial charge in [0.1, 0.15) is 0 Å². The Bertz CT molecular complexity index is 1120. The van der Waals surface area contributed by atoms with Gasteiger partial charge in [-0.05, 0) is 48.7 Å². The van der Waals surface area contributed by atoms with Crippen molar-refractivity contribution in [3.8, 4) is 0 Å². The molecule has 0 aliphatic carbocycles. The molecule has 0 aliphatic rings. The van der Waals surface area contributed by atoms with Gasteiger partial charge >= 0.3 is 0 Å². The topological polar surface area (TPSA) is 33.7 Å². The first-order chi connectivity index (χ1) is 13.1. The van der Waals surface area contributed by atoms with Crippen LogP contribution < -0.4 is 5.62 Å². The summed E-state index contributed by atoms with van der Waals surface area (Å²) in [7, 11) is 0. The van der Waals surface area contributed by atoms with Crippen molar-refractivity contribution in [2.75, 3.05) is 0 Å². The lowest BCUT2D eigenvalue weighted by Crippen LogP contribution is -2.25. The summed E-state index contributed by atoms with van der Waals surface area (Å²) >= 11 is 6.01. The highest BCUT2D eigenvalue weighted by molar-refractivity contribution is 6.30. The summed E-state index contributed by atoms with van der Waals surface area (Å²) in [4.78, 5) is 0. The fourth-order valence-electron chi connectivity index (χ4n) is 3.45. The number of imidazole rings is 1. The zero-order valence-electron chi connectivity index (χ0n) is 15.3. The Balaban J connectivity index is 1.68. The molecule has 1 N–H and O–H groups in total. The average molecular weight is 376 g/mol. The lowest BCUT2D eigenvalue weighted by Gasteiger charge is -2.06. The summed E-state index contributed by atoms with van der Waals surface area (Å²) in [6.45, 7) is 3.55. The van der Waals surface area contributed by atoms with Crippen molar-refractivity contribution >= 4 is 22.6 Å². The summed E-state index contributed by atoms with van der Waals surface area (Å²) in [5, 5.41) is 9.50. The van der Waals surface area contributed by atoms with Crippen molar-refractivity contribution in [1.29, 1.82) is 5.41 Å². The van der Waals surface area contributed by atoms with Gasteiger partial charge < -0.3 is 9.13 Å². The Kier molecular flexibility index (Phi) is 4.87. The first-order valence-corrected chi connectivity index (χ1v) is 9.52. The Morgan fingerprint density at radius 1 is 0.778 bits per heavy atom. The highest BCUT2D eigenvalue weighted by atomic mass is 35.5. The molecule has 0 saturated carbocycles. The van der Waals surface area contributed by atoms with Gasteiger partial charge in [-0.2, -0.15) is 0 Å². The van der Waals surface area contributed by atoms with Crippen molar-refractivity contribution < 1.29 is 0 Å². The second-order valence-corrected chi connectivity index (χ2v) is 7.35. The van der Waals surface area contributed by atoms with Crippen molar-refractivity contribution in [2.45, 2.75) is 26.4 Å². The maximum absolute atomic E-state index is 8.77. The van der Waals surface area contributed by atoms with Crippen molar-refractivity contribution in [3.63, 3.8) is 0 Å². The Morgan fingerprint density at radius 2 is 1.37 bits per heavy atom. The molecule has 3 aromatic carbocycles. The summed E-state index contributed by atoms with van der Waals surface area (Å²) in [5.41, 5.74) is 6.41. The third-order valence-corrected chi connectivity index (χ3v) is 5.23. The van der Waals surface area contributed by atoms with E-state index in [0.29, 0.717) is 12.2 Å². The smallest absolute Gasteiger partial charge is 0.203 e. The van der Waals surface area contributed by atoms with Crippen LogP contribution >= 0.6 is 11.6 Å². The third kappa shape index (κ3) is 3.69. The summed E-state index contributed by atoms with van der Waals surface area (Å²) in [6, 6.07) is 24.7. The molecule has 0 unspecified atom stereocenters. The molecule has 1 aromatic heterocycles. The quantitative estimate of drug-likeness (QED) is 0.499. The molecule has 4 heteroatoms. The second-order valence-electron chi connectivity index (χ2n) is 6.91. The van der Waals surface area contributed by atoms with E-state index >= 15 is 0 Å². The largest absolute Gasteiger partial charge is 0.310 e. The molecule has 4 aromatic rings. The number of rotatable bonds is 5. The fourth-order valence-corrected chi connectivity index (χ4v) is 3.57. The van der Waals surface area contributed by atoms with Gasteiger partial charge in [-0.25, -0.2) is 0 Å². The van der Waals surface area contributed by atoms with E-state index in [4.69, 9.17) is 17.0 Å². The number of fused-ring (bicyclic) bond motifs is 1. The number of nitrogens with zero attached hydrogens (tertiary/aromatic N) is 2. The van der Waals surface area contributed by atoms with Crippen LogP contribution in [0.1, 0.15) is 16.7 Å². The van der Waals surface area contributed by atoms with Gasteiger partial charge in [-0.1, -0.05) is 65.7 Å². The van der Waals surface area contributed by atoms with Gasteiger partial charge in [0, 0.05) is 11.6 Å². The number of para-hydroxylation sites is 2. The first kappa shape index (κ1) is 17.6. The van der Waals surface area contributed by atoms with E-state index in [1.165, 1.54) is 11.1 Å². The highest BCUT2D eigenvalue weighted by Gasteiger charge is 2.11. The summed E-state index contributed by atoms with van der Waals surface area (Å²) in [5.74, 6) is 0. The zero-order chi connectivity index (χ0) is 18.8. The minimum absolute atomic E-state index is 0.526. The van der Waals surface area contributed by atoms with Gasteiger partial charge in [0.05, 0.1) is 17.6 Å². The molecular formula is C23H22ClN3. The molecule has 0 amide bonds. The number of hydrogen-bond donors (Lipinski definition) is 1. The maximum Gasteiger partial charge on any atom is 0.203 e. The lowest BCUT2D eigenvalue weighted by atomic mass is 10.1. The Labute approximate surface area is 164 Å². The van der Waals surface area contributed by atoms with Crippen LogP contribution in [0.5, 0.6) is 0 Å². The molecule has 136 valence electrons. The fraction of sp³-hybridized carbons (Fsp3) is 0.174. The number of nitrogens with one attached hydrogen (secondary N) is 1. The molecule has 0 fully saturated rings. The van der Waals surface area contributed by atoms with Crippen LogP contribution in [-0.4, -0.2) is 9.13 Å². The predicted molar refractivity (Wildman–Crippen MR) is 111 cm³/mol. The SMILES string of the molecule is Cc1ccc(CCn2c(=N)n(Cc3ccc(Cl)cc3)c3ccccc32)cc1. The predicted octanol–water partition coefficient (Wildman–Crippen LogP) is 5.18. The first-order valence-electron chi connectivity index (χ1n) is 9.14. The number of hydrogen-bond acceptors (Lipinski definition) is 1. The van der Waals surface area contributed by atoms with Crippen molar-refractivity contribution in [1.82, 2.24) is 9.13 Å². The number of halogens is 1. The molecule has 1 heterocycles. The number of benzene rings is 3. The summed E-state index contributed by atoms with van der Waals surface area (Å²) in [6.07, 6.45) is 0.909. The molecular weight excluding hydrogens is 354 g/mol. The average Bonchev–Trinajstić information content (AvgIpc) is 2.95. The van der Waals surface area contributed by atoms with E-state index in [2.05, 4.69) is 52.5 Å². The van der Waals surface area contributed by atoms with E-state index in [0.717, 1.165) is 34.6 Å². The second kappa shape index (κ2) is 7.45. The molecule has 4 rings (SSSR count). The standard InChI is InChI=1S/C23H22ClN3/c1-17-6-8-18(9-7-17)14-15-26-21-4-2-3-5-22(21)27(23(26)25)16-19-10-12-20(24)13-11-19/h2-13,25H,14-16H2,1H3. The monoisotopic (exact) mass is 375 g/mol. The highest BCUT2D eigenvalue weighted by Crippen LogP contribution is 2.17. The van der Waals surface area contributed by atoms with Crippen molar-refractivity contribution in [2.24, 2.45) is 0 Å². The molecule has 0 atom stereocenters. The van der Waals surface area contributed by atoms with E-state index in [-0.39, 0.29) is 0 Å². The van der Waals surface area contributed by atoms with Gasteiger partial charge in [0.25, 0.3) is 0 Å². The molecule has 3 nitrogen and oxygen atoms in total. The van der Waals surface area contributed by atoms with Crippen LogP contribution in [-0.2, 0) is 19.5 Å². The van der Waals surface area contributed by atoms with Crippen LogP contribution in [0.3, 0.4) is 0 Å². The normalized spacial score (nSPS) is 11.2. The third-order valence-electron chi connectivity index (χ3n) is 4.97. The van der Waals surface area contributed by atoms with Crippen LogP contribution in [0.15, 0.2) is 72.8 Å². The van der Waals surface area contributed by atoms with Gasteiger partial charge in [0.2, 0.25) is 5.62 Å². The molecule has 27 heavy (non-hydrogen) atoms. The number of aryl methyl sites for hydroxylation is 3. The molecule has 0 spiro atoms. The molecule has 0 saturated heterocycles. The van der Waals surface area contributed by atoms with Crippen molar-refractivity contribution in [3.05, 3.63) is 100 Å². The van der Waals surface area contributed by atoms with E-state index in [1.54, 1.807) is 0 Å². The minimum Gasteiger partial charge on any atom is -0.310 e. The van der Waals surface area contributed by atoms with E-state index < -0.39 is 0 Å². The number of aromatic nitrogens is 2. The van der Waals surface area contributed by atoms with Gasteiger partial charge in [-0.3, -0.25) is 5.41 Å². The summed E-state index contributed by atoms with van der Waals surface area (Å²) < 4.78 is 4.17. The van der Waals surface area contributed by atoms with Gasteiger partial charge in [-0.15, -0.1) is 0 Å². The van der Waals surface area contributed by atoms with Crippen LogP contribution in [0.25, 0.3) is 11.0 Å². The molecule has 0 radical (unpaired) electrons. The Hall–Kier alpha value is -2.78. The maximum atomic E-state index is 8.77. The minimum atomic E-state index is 0.526. The van der Waals surface area contributed by atoms with Crippen LogP contribution in [0, 0.1) is 12.3 Å². The van der Waals surface area contributed by atoms with E-state index in [9.17, 15) is 0 Å². The Morgan fingerprint density at radius 3 is 2.04 bits per heavy atom. The van der Waals surface area contributed by atoms with Crippen LogP contribution in [0.4, 0.5) is 0 Å². The molecule has 0 aliphatic heterocycles. The molecule has 0 bridgehead atoms. The van der Waals surface area contributed by atoms with Gasteiger partial charge in [0.15, 0.2) is 0 Å². The van der Waals surface area contributed by atoms with E-state index in [1.807, 2.05) is 36.4 Å².